The average Bonchev–Trinajstić information content (AvgIpc) is 2.82. The third-order valence-corrected chi connectivity index (χ3v) is 3.43. The Kier molecular flexibility index (Phi) is 2.91. The van der Waals surface area contributed by atoms with Gasteiger partial charge >= 0.3 is 0 Å². The van der Waals surface area contributed by atoms with Gasteiger partial charge in [-0.3, -0.25) is 4.79 Å². The van der Waals surface area contributed by atoms with Crippen LogP contribution in [0.5, 0.6) is 0 Å². The molecule has 0 saturated heterocycles. The molecule has 15 heavy (non-hydrogen) atoms. The van der Waals surface area contributed by atoms with E-state index in [0.29, 0.717) is 12.3 Å². The molecule has 1 fully saturated rings. The fraction of sp³-hybridized carbons (Fsp3) is 0.583. The molecule has 0 aromatic carbocycles. The van der Waals surface area contributed by atoms with Crippen LogP contribution in [0.15, 0.2) is 22.8 Å². The smallest absolute Gasteiger partial charge is 0.205 e. The molecule has 1 heterocycles. The summed E-state index contributed by atoms with van der Waals surface area (Å²) in [5.41, 5.74) is 5.43. The van der Waals surface area contributed by atoms with Crippen molar-refractivity contribution in [2.45, 2.75) is 32.1 Å². The maximum atomic E-state index is 12.2. The van der Waals surface area contributed by atoms with E-state index in [0.717, 1.165) is 25.7 Å². The first-order chi connectivity index (χ1) is 7.28. The number of carbonyl (C=O) groups is 1. The van der Waals surface area contributed by atoms with E-state index in [4.69, 9.17) is 10.2 Å². The van der Waals surface area contributed by atoms with Gasteiger partial charge in [0.2, 0.25) is 5.78 Å². The summed E-state index contributed by atoms with van der Waals surface area (Å²) in [5.74, 6) is 0.553. The average molecular weight is 207 g/mol. The van der Waals surface area contributed by atoms with Crippen LogP contribution < -0.4 is 5.73 Å². The topological polar surface area (TPSA) is 56.2 Å². The molecule has 1 aliphatic carbocycles. The third-order valence-electron chi connectivity index (χ3n) is 3.43. The zero-order valence-electron chi connectivity index (χ0n) is 8.87. The highest BCUT2D eigenvalue weighted by Crippen LogP contribution is 2.38. The minimum Gasteiger partial charge on any atom is -0.461 e. The molecule has 1 aromatic rings. The van der Waals surface area contributed by atoms with Crippen molar-refractivity contribution in [3.05, 3.63) is 24.2 Å². The summed E-state index contributed by atoms with van der Waals surface area (Å²) in [5, 5.41) is 0. The second kappa shape index (κ2) is 4.19. The molecular formula is C12H17NO2. The van der Waals surface area contributed by atoms with Crippen molar-refractivity contribution >= 4 is 5.78 Å². The Bertz CT molecular complexity index is 323. The van der Waals surface area contributed by atoms with Gasteiger partial charge in [-0.2, -0.15) is 0 Å². The van der Waals surface area contributed by atoms with Crippen LogP contribution in [0, 0.1) is 5.41 Å². The molecule has 3 nitrogen and oxygen atoms in total. The monoisotopic (exact) mass is 207 g/mol. The van der Waals surface area contributed by atoms with E-state index in [2.05, 4.69) is 0 Å². The minimum absolute atomic E-state index is 0.0923. The molecule has 0 amide bonds. The molecule has 2 rings (SSSR count). The normalized spacial score (nSPS) is 20.1. The first-order valence-corrected chi connectivity index (χ1v) is 5.57. The molecule has 2 N–H and O–H groups in total. The number of Topliss-reactive ketones (excluding diaryl/α,β-unsaturated/α-hetero) is 1. The summed E-state index contributed by atoms with van der Waals surface area (Å²) in [4.78, 5) is 12.2. The van der Waals surface area contributed by atoms with Gasteiger partial charge in [0.25, 0.3) is 0 Å². The Morgan fingerprint density at radius 1 is 1.40 bits per heavy atom. The standard InChI is InChI=1S/C12H17NO2/c13-9-12(6-2-1-3-7-12)11(14)10-5-4-8-15-10/h4-5,8H,1-3,6-7,9,13H2. The molecule has 1 aliphatic rings. The first kappa shape index (κ1) is 10.4. The Hall–Kier alpha value is -1.09. The zero-order chi connectivity index (χ0) is 10.7. The fourth-order valence-corrected chi connectivity index (χ4v) is 2.42. The van der Waals surface area contributed by atoms with Crippen molar-refractivity contribution in [1.82, 2.24) is 0 Å². The van der Waals surface area contributed by atoms with Crippen LogP contribution >= 0.6 is 0 Å². The number of ketones is 1. The third kappa shape index (κ3) is 1.84. The van der Waals surface area contributed by atoms with Crippen LogP contribution in [0.3, 0.4) is 0 Å². The number of rotatable bonds is 3. The number of furan rings is 1. The van der Waals surface area contributed by atoms with Crippen LogP contribution in [0.2, 0.25) is 0 Å². The van der Waals surface area contributed by atoms with Gasteiger partial charge in [0.15, 0.2) is 5.76 Å². The lowest BCUT2D eigenvalue weighted by molar-refractivity contribution is 0.0698. The molecule has 0 aliphatic heterocycles. The molecule has 0 atom stereocenters. The van der Waals surface area contributed by atoms with Crippen LogP contribution in [0.1, 0.15) is 42.7 Å². The molecule has 0 radical (unpaired) electrons. The van der Waals surface area contributed by atoms with Crippen LogP contribution in [-0.4, -0.2) is 12.3 Å². The molecule has 0 bridgehead atoms. The van der Waals surface area contributed by atoms with Gasteiger partial charge in [-0.05, 0) is 25.0 Å². The van der Waals surface area contributed by atoms with Gasteiger partial charge in [-0.15, -0.1) is 0 Å². The minimum atomic E-state index is -0.351. The highest BCUT2D eigenvalue weighted by Gasteiger charge is 2.39. The summed E-state index contributed by atoms with van der Waals surface area (Å²) in [6, 6.07) is 3.48. The maximum absolute atomic E-state index is 12.2. The van der Waals surface area contributed by atoms with Crippen LogP contribution in [0.4, 0.5) is 0 Å². The van der Waals surface area contributed by atoms with E-state index in [-0.39, 0.29) is 11.2 Å². The first-order valence-electron chi connectivity index (χ1n) is 5.57. The van der Waals surface area contributed by atoms with Crippen molar-refractivity contribution in [2.24, 2.45) is 11.1 Å². The summed E-state index contributed by atoms with van der Waals surface area (Å²) in [7, 11) is 0. The Morgan fingerprint density at radius 2 is 2.13 bits per heavy atom. The highest BCUT2D eigenvalue weighted by molar-refractivity contribution is 5.98. The van der Waals surface area contributed by atoms with Gasteiger partial charge in [-0.1, -0.05) is 19.3 Å². The van der Waals surface area contributed by atoms with E-state index in [9.17, 15) is 4.79 Å². The predicted molar refractivity (Wildman–Crippen MR) is 57.6 cm³/mol. The van der Waals surface area contributed by atoms with Gasteiger partial charge in [0, 0.05) is 12.0 Å². The highest BCUT2D eigenvalue weighted by atomic mass is 16.3. The molecular weight excluding hydrogens is 190 g/mol. The van der Waals surface area contributed by atoms with E-state index in [1.165, 1.54) is 6.42 Å². The number of hydrogen-bond acceptors (Lipinski definition) is 3. The molecule has 3 heteroatoms. The summed E-state index contributed by atoms with van der Waals surface area (Å²) >= 11 is 0. The lowest BCUT2D eigenvalue weighted by Crippen LogP contribution is -2.40. The Labute approximate surface area is 89.6 Å². The number of carbonyl (C=O) groups excluding carboxylic acids is 1. The number of hydrogen-bond donors (Lipinski definition) is 1. The summed E-state index contributed by atoms with van der Waals surface area (Å²) in [6.07, 6.45) is 6.77. The summed E-state index contributed by atoms with van der Waals surface area (Å²) in [6.45, 7) is 0.437. The molecule has 1 aromatic heterocycles. The fourth-order valence-electron chi connectivity index (χ4n) is 2.42. The Morgan fingerprint density at radius 3 is 2.67 bits per heavy atom. The van der Waals surface area contributed by atoms with Crippen molar-refractivity contribution in [3.63, 3.8) is 0 Å². The van der Waals surface area contributed by atoms with Crippen molar-refractivity contribution in [1.29, 1.82) is 0 Å². The second-order valence-corrected chi connectivity index (χ2v) is 4.35. The predicted octanol–water partition coefficient (Wildman–Crippen LogP) is 2.37. The molecule has 82 valence electrons. The van der Waals surface area contributed by atoms with Crippen molar-refractivity contribution in [2.75, 3.05) is 6.54 Å². The number of nitrogens with two attached hydrogens (primary N) is 1. The van der Waals surface area contributed by atoms with Crippen LogP contribution in [0.25, 0.3) is 0 Å². The van der Waals surface area contributed by atoms with Gasteiger partial charge in [0.05, 0.1) is 6.26 Å². The second-order valence-electron chi connectivity index (χ2n) is 4.35. The van der Waals surface area contributed by atoms with E-state index >= 15 is 0 Å². The van der Waals surface area contributed by atoms with E-state index < -0.39 is 0 Å². The zero-order valence-corrected chi connectivity index (χ0v) is 8.87. The van der Waals surface area contributed by atoms with Crippen molar-refractivity contribution in [3.8, 4) is 0 Å². The maximum Gasteiger partial charge on any atom is 0.205 e. The SMILES string of the molecule is NCC1(C(=O)c2ccco2)CCCCC1. The molecule has 1 saturated carbocycles. The molecule has 0 unspecified atom stereocenters. The summed E-state index contributed by atoms with van der Waals surface area (Å²) < 4.78 is 5.17. The molecule has 0 spiro atoms. The van der Waals surface area contributed by atoms with Crippen molar-refractivity contribution < 1.29 is 9.21 Å². The quantitative estimate of drug-likeness (QED) is 0.774. The lowest BCUT2D eigenvalue weighted by Gasteiger charge is -2.33. The van der Waals surface area contributed by atoms with Gasteiger partial charge < -0.3 is 10.2 Å². The van der Waals surface area contributed by atoms with Gasteiger partial charge in [0.1, 0.15) is 0 Å². The van der Waals surface area contributed by atoms with Gasteiger partial charge in [-0.25, -0.2) is 0 Å². The van der Waals surface area contributed by atoms with Crippen LogP contribution in [-0.2, 0) is 0 Å². The van der Waals surface area contributed by atoms with E-state index in [1.807, 2.05) is 0 Å². The lowest BCUT2D eigenvalue weighted by atomic mass is 9.70. The van der Waals surface area contributed by atoms with E-state index in [1.54, 1.807) is 18.4 Å². The Balaban J connectivity index is 2.22. The largest absolute Gasteiger partial charge is 0.461 e.